The summed E-state index contributed by atoms with van der Waals surface area (Å²) in [6.07, 6.45) is 3.05. The van der Waals surface area contributed by atoms with E-state index < -0.39 is 18.0 Å². The van der Waals surface area contributed by atoms with Crippen molar-refractivity contribution < 1.29 is 15.0 Å². The Morgan fingerprint density at radius 3 is 2.41 bits per heavy atom. The Bertz CT molecular complexity index is 374. The van der Waals surface area contributed by atoms with Crippen LogP contribution in [0.4, 0.5) is 0 Å². The van der Waals surface area contributed by atoms with Crippen LogP contribution >= 0.6 is 0 Å². The number of aliphatic carboxylic acids is 1. The molecule has 0 aliphatic heterocycles. The predicted octanol–water partition coefficient (Wildman–Crippen LogP) is 2.41. The number of aliphatic hydroxyl groups excluding tert-OH is 1. The Labute approximate surface area is 101 Å². The minimum atomic E-state index is -0.831. The van der Waals surface area contributed by atoms with Crippen molar-refractivity contribution in [3.63, 3.8) is 0 Å². The Kier molecular flexibility index (Phi) is 3.79. The van der Waals surface area contributed by atoms with E-state index in [2.05, 4.69) is 0 Å². The van der Waals surface area contributed by atoms with Gasteiger partial charge in [0.25, 0.3) is 0 Å². The smallest absolute Gasteiger partial charge is 0.311 e. The first-order valence-electron chi connectivity index (χ1n) is 6.16. The lowest BCUT2D eigenvalue weighted by atomic mass is 9.75. The van der Waals surface area contributed by atoms with Crippen molar-refractivity contribution in [1.29, 1.82) is 0 Å². The lowest BCUT2D eigenvalue weighted by molar-refractivity contribution is -0.142. The molecule has 0 radical (unpaired) electrons. The van der Waals surface area contributed by atoms with E-state index in [-0.39, 0.29) is 5.92 Å². The molecule has 1 aromatic carbocycles. The highest BCUT2D eigenvalue weighted by atomic mass is 16.4. The molecule has 2 rings (SSSR count). The van der Waals surface area contributed by atoms with Gasteiger partial charge >= 0.3 is 5.97 Å². The first-order valence-corrected chi connectivity index (χ1v) is 6.16. The van der Waals surface area contributed by atoms with Crippen molar-refractivity contribution >= 4 is 5.97 Å². The minimum absolute atomic E-state index is 0.149. The first-order chi connectivity index (χ1) is 8.20. The van der Waals surface area contributed by atoms with E-state index in [0.29, 0.717) is 0 Å². The summed E-state index contributed by atoms with van der Waals surface area (Å²) in [5.41, 5.74) is 0.797. The normalized spacial score (nSPS) is 26.4. The SMILES string of the molecule is O=C(O)[C@@H](c1ccccc1)[C@H]1CCCC[C@@H]1O. The summed E-state index contributed by atoms with van der Waals surface area (Å²) < 4.78 is 0. The maximum atomic E-state index is 11.4. The van der Waals surface area contributed by atoms with Crippen molar-refractivity contribution in [3.05, 3.63) is 35.9 Å². The van der Waals surface area contributed by atoms with Crippen LogP contribution in [0.3, 0.4) is 0 Å². The Morgan fingerprint density at radius 1 is 1.18 bits per heavy atom. The summed E-state index contributed by atoms with van der Waals surface area (Å²) >= 11 is 0. The number of hydrogen-bond donors (Lipinski definition) is 2. The molecule has 1 aliphatic carbocycles. The van der Waals surface area contributed by atoms with E-state index in [9.17, 15) is 15.0 Å². The second kappa shape index (κ2) is 5.32. The van der Waals surface area contributed by atoms with Gasteiger partial charge in [-0.25, -0.2) is 0 Å². The molecule has 1 fully saturated rings. The standard InChI is InChI=1S/C14H18O3/c15-12-9-5-4-8-11(12)13(14(16)17)10-6-2-1-3-7-10/h1-3,6-7,11-13,15H,4-5,8-9H2,(H,16,17)/t11-,12-,13-/m0/s1. The summed E-state index contributed by atoms with van der Waals surface area (Å²) in [4.78, 5) is 11.4. The maximum Gasteiger partial charge on any atom is 0.311 e. The number of carboxylic acids is 1. The summed E-state index contributed by atoms with van der Waals surface area (Å²) in [5.74, 6) is -1.56. The van der Waals surface area contributed by atoms with Crippen molar-refractivity contribution in [2.75, 3.05) is 0 Å². The zero-order valence-electron chi connectivity index (χ0n) is 9.75. The fraction of sp³-hybridized carbons (Fsp3) is 0.500. The van der Waals surface area contributed by atoms with E-state index >= 15 is 0 Å². The van der Waals surface area contributed by atoms with Crippen LogP contribution < -0.4 is 0 Å². The maximum absolute atomic E-state index is 11.4. The van der Waals surface area contributed by atoms with Gasteiger partial charge in [0.2, 0.25) is 0 Å². The summed E-state index contributed by atoms with van der Waals surface area (Å²) in [5, 5.41) is 19.4. The molecule has 0 amide bonds. The largest absolute Gasteiger partial charge is 0.481 e. The number of hydrogen-bond acceptors (Lipinski definition) is 2. The molecule has 3 nitrogen and oxygen atoms in total. The van der Waals surface area contributed by atoms with Gasteiger partial charge < -0.3 is 10.2 Å². The molecule has 1 saturated carbocycles. The molecule has 1 aliphatic rings. The van der Waals surface area contributed by atoms with Gasteiger partial charge in [0.1, 0.15) is 0 Å². The second-order valence-electron chi connectivity index (χ2n) is 4.74. The van der Waals surface area contributed by atoms with E-state index in [0.717, 1.165) is 31.2 Å². The number of carboxylic acid groups (broad SMARTS) is 1. The summed E-state index contributed by atoms with van der Waals surface area (Å²) in [6, 6.07) is 9.24. The average Bonchev–Trinajstić information content (AvgIpc) is 2.33. The molecule has 0 saturated heterocycles. The Balaban J connectivity index is 2.26. The third-order valence-corrected chi connectivity index (χ3v) is 3.63. The molecule has 0 aromatic heterocycles. The predicted molar refractivity (Wildman–Crippen MR) is 64.8 cm³/mol. The number of carbonyl (C=O) groups is 1. The molecule has 0 spiro atoms. The second-order valence-corrected chi connectivity index (χ2v) is 4.74. The first kappa shape index (κ1) is 12.1. The molecular formula is C14H18O3. The molecule has 92 valence electrons. The molecule has 1 aromatic rings. The van der Waals surface area contributed by atoms with Gasteiger partial charge in [-0.3, -0.25) is 4.79 Å². The lowest BCUT2D eigenvalue weighted by Crippen LogP contribution is -2.33. The van der Waals surface area contributed by atoms with Crippen molar-refractivity contribution in [2.45, 2.75) is 37.7 Å². The van der Waals surface area contributed by atoms with Crippen LogP contribution in [0.1, 0.15) is 37.2 Å². The summed E-state index contributed by atoms with van der Waals surface area (Å²) in [7, 11) is 0. The third kappa shape index (κ3) is 2.67. The van der Waals surface area contributed by atoms with Crippen LogP contribution in [0.25, 0.3) is 0 Å². The van der Waals surface area contributed by atoms with Crippen LogP contribution in [0.15, 0.2) is 30.3 Å². The van der Waals surface area contributed by atoms with Crippen LogP contribution in [-0.2, 0) is 4.79 Å². The highest BCUT2D eigenvalue weighted by molar-refractivity contribution is 5.76. The van der Waals surface area contributed by atoms with E-state index in [1.807, 2.05) is 30.3 Å². The molecule has 3 atom stereocenters. The van der Waals surface area contributed by atoms with Crippen molar-refractivity contribution in [2.24, 2.45) is 5.92 Å². The molecule has 3 heteroatoms. The van der Waals surface area contributed by atoms with E-state index in [4.69, 9.17) is 0 Å². The van der Waals surface area contributed by atoms with Crippen LogP contribution in [-0.4, -0.2) is 22.3 Å². The van der Waals surface area contributed by atoms with Crippen LogP contribution in [0, 0.1) is 5.92 Å². The van der Waals surface area contributed by atoms with Gasteiger partial charge in [-0.1, -0.05) is 43.2 Å². The van der Waals surface area contributed by atoms with Gasteiger partial charge in [0.05, 0.1) is 12.0 Å². The van der Waals surface area contributed by atoms with Crippen molar-refractivity contribution in [3.8, 4) is 0 Å². The highest BCUT2D eigenvalue weighted by Gasteiger charge is 2.35. The fourth-order valence-corrected chi connectivity index (χ4v) is 2.76. The third-order valence-electron chi connectivity index (χ3n) is 3.63. The molecule has 0 heterocycles. The quantitative estimate of drug-likeness (QED) is 0.844. The average molecular weight is 234 g/mol. The van der Waals surface area contributed by atoms with Gasteiger partial charge in [0, 0.05) is 5.92 Å². The number of benzene rings is 1. The number of aliphatic hydroxyl groups is 1. The highest BCUT2D eigenvalue weighted by Crippen LogP contribution is 2.36. The van der Waals surface area contributed by atoms with E-state index in [1.165, 1.54) is 0 Å². The van der Waals surface area contributed by atoms with Gasteiger partial charge in [-0.15, -0.1) is 0 Å². The van der Waals surface area contributed by atoms with Crippen LogP contribution in [0.2, 0.25) is 0 Å². The summed E-state index contributed by atoms with van der Waals surface area (Å²) in [6.45, 7) is 0. The van der Waals surface area contributed by atoms with Crippen LogP contribution in [0.5, 0.6) is 0 Å². The minimum Gasteiger partial charge on any atom is -0.481 e. The molecule has 0 unspecified atom stereocenters. The Morgan fingerprint density at radius 2 is 1.82 bits per heavy atom. The lowest BCUT2D eigenvalue weighted by Gasteiger charge is -2.32. The molecule has 2 N–H and O–H groups in total. The monoisotopic (exact) mass is 234 g/mol. The zero-order chi connectivity index (χ0) is 12.3. The topological polar surface area (TPSA) is 57.5 Å². The molecule has 0 bridgehead atoms. The molecular weight excluding hydrogens is 216 g/mol. The number of rotatable bonds is 3. The molecule has 17 heavy (non-hydrogen) atoms. The van der Waals surface area contributed by atoms with Gasteiger partial charge in [-0.05, 0) is 18.4 Å². The van der Waals surface area contributed by atoms with Gasteiger partial charge in [-0.2, -0.15) is 0 Å². The van der Waals surface area contributed by atoms with Crippen molar-refractivity contribution in [1.82, 2.24) is 0 Å². The van der Waals surface area contributed by atoms with Gasteiger partial charge in [0.15, 0.2) is 0 Å². The fourth-order valence-electron chi connectivity index (χ4n) is 2.76. The Hall–Kier alpha value is -1.35. The van der Waals surface area contributed by atoms with E-state index in [1.54, 1.807) is 0 Å². The zero-order valence-corrected chi connectivity index (χ0v) is 9.75.